The van der Waals surface area contributed by atoms with Gasteiger partial charge in [-0.15, -0.1) is 0 Å². The largest absolute Gasteiger partial charge is 0.462 e. The van der Waals surface area contributed by atoms with E-state index in [1.807, 2.05) is 0 Å². The molecule has 0 N–H and O–H groups in total. The highest BCUT2D eigenvalue weighted by molar-refractivity contribution is 5.91. The van der Waals surface area contributed by atoms with Gasteiger partial charge in [0.15, 0.2) is 0 Å². The molecule has 0 aromatic rings. The number of fused-ring (bicyclic) bond motifs is 1. The summed E-state index contributed by atoms with van der Waals surface area (Å²) in [7, 11) is 0. The first kappa shape index (κ1) is 7.84. The van der Waals surface area contributed by atoms with Gasteiger partial charge < -0.3 is 4.74 Å². The minimum atomic E-state index is -0.0619. The van der Waals surface area contributed by atoms with Crippen LogP contribution in [0, 0.1) is 11.8 Å². The molecule has 2 heteroatoms. The number of rotatable bonds is 0. The summed E-state index contributed by atoms with van der Waals surface area (Å²) in [5.41, 5.74) is 2.23. The van der Waals surface area contributed by atoms with Gasteiger partial charge in [0.1, 0.15) is 0 Å². The zero-order valence-electron chi connectivity index (χ0n) is 7.59. The summed E-state index contributed by atoms with van der Waals surface area (Å²) in [5.74, 6) is 0.953. The topological polar surface area (TPSA) is 26.3 Å². The van der Waals surface area contributed by atoms with E-state index in [0.717, 1.165) is 18.4 Å². The fraction of sp³-hybridized carbons (Fsp3) is 0.700. The number of esters is 1. The van der Waals surface area contributed by atoms with Crippen molar-refractivity contribution in [3.63, 3.8) is 0 Å². The molecule has 0 saturated carbocycles. The molecular formula is C10H14O2. The first-order chi connectivity index (χ1) is 5.70. The van der Waals surface area contributed by atoms with Gasteiger partial charge in [-0.05, 0) is 31.6 Å². The Morgan fingerprint density at radius 1 is 1.50 bits per heavy atom. The zero-order chi connectivity index (χ0) is 8.72. The molecule has 0 radical (unpaired) electrons. The van der Waals surface area contributed by atoms with Crippen LogP contribution in [0.5, 0.6) is 0 Å². The Morgan fingerprint density at radius 3 is 2.92 bits per heavy atom. The molecule has 2 aliphatic rings. The highest BCUT2D eigenvalue weighted by Crippen LogP contribution is 2.40. The average Bonchev–Trinajstić information content (AvgIpc) is 2.42. The minimum Gasteiger partial charge on any atom is -0.462 e. The van der Waals surface area contributed by atoms with Crippen molar-refractivity contribution in [3.8, 4) is 0 Å². The van der Waals surface area contributed by atoms with Gasteiger partial charge in [0, 0.05) is 5.57 Å². The normalized spacial score (nSPS) is 35.0. The average molecular weight is 166 g/mol. The summed E-state index contributed by atoms with van der Waals surface area (Å²) in [6.07, 6.45) is 2.23. The first-order valence-corrected chi connectivity index (χ1v) is 4.57. The molecule has 2 atom stereocenters. The van der Waals surface area contributed by atoms with Gasteiger partial charge in [0.25, 0.3) is 0 Å². The lowest BCUT2D eigenvalue weighted by Gasteiger charge is -2.27. The number of hydrogen-bond donors (Lipinski definition) is 0. The molecule has 0 amide bonds. The summed E-state index contributed by atoms with van der Waals surface area (Å²) in [6, 6.07) is 0. The molecule has 1 saturated heterocycles. The van der Waals surface area contributed by atoms with Crippen LogP contribution in [0.1, 0.15) is 26.7 Å². The summed E-state index contributed by atoms with van der Waals surface area (Å²) in [5, 5.41) is 0. The van der Waals surface area contributed by atoms with Crippen LogP contribution >= 0.6 is 0 Å². The van der Waals surface area contributed by atoms with E-state index in [1.165, 1.54) is 5.57 Å². The molecule has 0 spiro atoms. The van der Waals surface area contributed by atoms with Crippen LogP contribution in [0.4, 0.5) is 0 Å². The van der Waals surface area contributed by atoms with Crippen LogP contribution in [0.3, 0.4) is 0 Å². The molecule has 1 fully saturated rings. The van der Waals surface area contributed by atoms with Gasteiger partial charge in [0.05, 0.1) is 6.61 Å². The predicted octanol–water partition coefficient (Wildman–Crippen LogP) is 1.91. The van der Waals surface area contributed by atoms with Gasteiger partial charge >= 0.3 is 5.97 Å². The molecule has 1 aliphatic heterocycles. The molecule has 0 aromatic carbocycles. The summed E-state index contributed by atoms with van der Waals surface area (Å²) in [6.45, 7) is 4.82. The lowest BCUT2D eigenvalue weighted by atomic mass is 9.86. The predicted molar refractivity (Wildman–Crippen MR) is 45.5 cm³/mol. The molecule has 2 nitrogen and oxygen atoms in total. The van der Waals surface area contributed by atoms with Crippen LogP contribution in [0.15, 0.2) is 11.1 Å². The fourth-order valence-corrected chi connectivity index (χ4v) is 2.26. The fourth-order valence-electron chi connectivity index (χ4n) is 2.26. The Hall–Kier alpha value is -0.790. The van der Waals surface area contributed by atoms with Crippen molar-refractivity contribution < 1.29 is 9.53 Å². The molecule has 2 rings (SSSR count). The zero-order valence-corrected chi connectivity index (χ0v) is 7.59. The highest BCUT2D eigenvalue weighted by atomic mass is 16.5. The van der Waals surface area contributed by atoms with E-state index in [9.17, 15) is 4.79 Å². The van der Waals surface area contributed by atoms with E-state index in [4.69, 9.17) is 4.74 Å². The monoisotopic (exact) mass is 166 g/mol. The third-order valence-electron chi connectivity index (χ3n) is 3.05. The van der Waals surface area contributed by atoms with Gasteiger partial charge in [0.2, 0.25) is 0 Å². The minimum absolute atomic E-state index is 0.0619. The van der Waals surface area contributed by atoms with Crippen molar-refractivity contribution >= 4 is 5.97 Å². The third kappa shape index (κ3) is 0.977. The molecule has 0 aromatic heterocycles. The second-order valence-electron chi connectivity index (χ2n) is 3.91. The van der Waals surface area contributed by atoms with E-state index in [1.54, 1.807) is 0 Å². The molecule has 0 unspecified atom stereocenters. The first-order valence-electron chi connectivity index (χ1n) is 4.57. The van der Waals surface area contributed by atoms with Crippen LogP contribution in [0.2, 0.25) is 0 Å². The van der Waals surface area contributed by atoms with Crippen LogP contribution < -0.4 is 0 Å². The van der Waals surface area contributed by atoms with E-state index >= 15 is 0 Å². The van der Waals surface area contributed by atoms with Crippen molar-refractivity contribution in [2.45, 2.75) is 26.7 Å². The Kier molecular flexibility index (Phi) is 1.71. The number of hydrogen-bond acceptors (Lipinski definition) is 2. The van der Waals surface area contributed by atoms with Gasteiger partial charge in [-0.3, -0.25) is 0 Å². The summed E-state index contributed by atoms with van der Waals surface area (Å²) < 4.78 is 5.08. The lowest BCUT2D eigenvalue weighted by molar-refractivity contribution is -0.144. The molecule has 1 aliphatic carbocycles. The standard InChI is InChI=1S/C10H14O2/c1-6-3-4-8-7(2)5-12-10(11)9(6)8/h7-8H,3-5H2,1-2H3/t7-,8+/m1/s1. The summed E-state index contributed by atoms with van der Waals surface area (Å²) >= 11 is 0. The van der Waals surface area contributed by atoms with Crippen LogP contribution in [0.25, 0.3) is 0 Å². The lowest BCUT2D eigenvalue weighted by Crippen LogP contribution is -2.29. The summed E-state index contributed by atoms with van der Waals surface area (Å²) in [4.78, 5) is 11.4. The van der Waals surface area contributed by atoms with Crippen LogP contribution in [-0.4, -0.2) is 12.6 Å². The SMILES string of the molecule is CC1=C2C(=O)OC[C@@H](C)[C@@H]2CC1. The van der Waals surface area contributed by atoms with Crippen molar-refractivity contribution in [3.05, 3.63) is 11.1 Å². The maximum absolute atomic E-state index is 11.4. The molecular weight excluding hydrogens is 152 g/mol. The van der Waals surface area contributed by atoms with E-state index in [-0.39, 0.29) is 5.97 Å². The maximum Gasteiger partial charge on any atom is 0.334 e. The quantitative estimate of drug-likeness (QED) is 0.514. The van der Waals surface area contributed by atoms with E-state index < -0.39 is 0 Å². The third-order valence-corrected chi connectivity index (χ3v) is 3.05. The Morgan fingerprint density at radius 2 is 2.25 bits per heavy atom. The molecule has 1 heterocycles. The van der Waals surface area contributed by atoms with Crippen molar-refractivity contribution in [2.75, 3.05) is 6.61 Å². The second-order valence-corrected chi connectivity index (χ2v) is 3.91. The van der Waals surface area contributed by atoms with Crippen molar-refractivity contribution in [2.24, 2.45) is 11.8 Å². The van der Waals surface area contributed by atoms with Crippen LogP contribution in [-0.2, 0) is 9.53 Å². The molecule has 66 valence electrons. The van der Waals surface area contributed by atoms with E-state index in [0.29, 0.717) is 18.4 Å². The maximum atomic E-state index is 11.4. The number of allylic oxidation sites excluding steroid dienone is 1. The number of ether oxygens (including phenoxy) is 1. The van der Waals surface area contributed by atoms with Gasteiger partial charge in [-0.25, -0.2) is 4.79 Å². The van der Waals surface area contributed by atoms with E-state index in [2.05, 4.69) is 13.8 Å². The van der Waals surface area contributed by atoms with Gasteiger partial charge in [-0.1, -0.05) is 12.5 Å². The van der Waals surface area contributed by atoms with Crippen molar-refractivity contribution in [1.29, 1.82) is 0 Å². The van der Waals surface area contributed by atoms with Crippen molar-refractivity contribution in [1.82, 2.24) is 0 Å². The molecule has 12 heavy (non-hydrogen) atoms. The number of carbonyl (C=O) groups excluding carboxylic acids is 1. The number of cyclic esters (lactones) is 1. The Balaban J connectivity index is 2.33. The number of carbonyl (C=O) groups is 1. The Bertz CT molecular complexity index is 253. The van der Waals surface area contributed by atoms with Gasteiger partial charge in [-0.2, -0.15) is 0 Å². The smallest absolute Gasteiger partial charge is 0.334 e. The molecule has 0 bridgehead atoms. The highest BCUT2D eigenvalue weighted by Gasteiger charge is 2.37. The second kappa shape index (κ2) is 2.61. The Labute approximate surface area is 72.6 Å².